The number of carbonyl (C=O) groups is 1. The van der Waals surface area contributed by atoms with Crippen LogP contribution in [0.3, 0.4) is 0 Å². The summed E-state index contributed by atoms with van der Waals surface area (Å²) in [5.41, 5.74) is 2.76. The number of carbonyl (C=O) groups excluding carboxylic acids is 1. The highest BCUT2D eigenvalue weighted by atomic mass is 127. The zero-order valence-electron chi connectivity index (χ0n) is 10.1. The van der Waals surface area contributed by atoms with Gasteiger partial charge in [-0.3, -0.25) is 4.79 Å². The number of amides is 1. The van der Waals surface area contributed by atoms with Gasteiger partial charge in [0, 0.05) is 20.2 Å². The molecule has 1 aliphatic rings. The van der Waals surface area contributed by atoms with E-state index < -0.39 is 0 Å². The topological polar surface area (TPSA) is 45.6 Å². The Labute approximate surface area is 128 Å². The summed E-state index contributed by atoms with van der Waals surface area (Å²) in [6.07, 6.45) is 0.387. The molecule has 0 aliphatic carbocycles. The predicted molar refractivity (Wildman–Crippen MR) is 85.5 cm³/mol. The minimum Gasteiger partial charge on any atom is -0.272 e. The molecular weight excluding hydrogens is 373 g/mol. The first-order valence-electron chi connectivity index (χ1n) is 5.72. The van der Waals surface area contributed by atoms with E-state index in [9.17, 15) is 4.79 Å². The fourth-order valence-electron chi connectivity index (χ4n) is 1.82. The number of aromatic nitrogens is 1. The first-order valence-corrected chi connectivity index (χ1v) is 7.68. The highest BCUT2D eigenvalue weighted by molar-refractivity contribution is 14.1. The average Bonchev–Trinajstić information content (AvgIpc) is 2.97. The summed E-state index contributed by atoms with van der Waals surface area (Å²) in [5, 5.41) is 8.19. The van der Waals surface area contributed by atoms with Crippen molar-refractivity contribution < 1.29 is 4.79 Å². The van der Waals surface area contributed by atoms with E-state index in [1.54, 1.807) is 0 Å². The molecule has 2 aromatic rings. The zero-order valence-corrected chi connectivity index (χ0v) is 13.1. The van der Waals surface area contributed by atoms with Crippen molar-refractivity contribution in [3.8, 4) is 11.3 Å². The van der Waals surface area contributed by atoms with Crippen LogP contribution in [0.1, 0.15) is 13.3 Å². The first kappa shape index (κ1) is 12.7. The summed E-state index contributed by atoms with van der Waals surface area (Å²) in [6, 6.07) is 8.14. The summed E-state index contributed by atoms with van der Waals surface area (Å²) in [7, 11) is 0. The predicted octanol–water partition coefficient (Wildman–Crippen LogP) is 3.53. The van der Waals surface area contributed by atoms with Crippen LogP contribution in [0.15, 0.2) is 34.7 Å². The lowest BCUT2D eigenvalue weighted by molar-refractivity contribution is -0.116. The van der Waals surface area contributed by atoms with Crippen molar-refractivity contribution in [3.05, 3.63) is 33.2 Å². The van der Waals surface area contributed by atoms with Gasteiger partial charge in [-0.1, -0.05) is 12.1 Å². The van der Waals surface area contributed by atoms with Gasteiger partial charge in [0.1, 0.15) is 0 Å². The van der Waals surface area contributed by atoms with Crippen LogP contribution in [-0.4, -0.2) is 16.6 Å². The van der Waals surface area contributed by atoms with Crippen LogP contribution in [0.4, 0.5) is 5.13 Å². The Morgan fingerprint density at radius 2 is 2.05 bits per heavy atom. The SMILES string of the molecule is CC1=NN(c2nc(-c3ccc(I)cc3)cs2)C(=O)C1. The van der Waals surface area contributed by atoms with Crippen LogP contribution < -0.4 is 5.01 Å². The summed E-state index contributed by atoms with van der Waals surface area (Å²) in [4.78, 5) is 16.2. The van der Waals surface area contributed by atoms with Gasteiger partial charge in [0.2, 0.25) is 5.13 Å². The van der Waals surface area contributed by atoms with Crippen LogP contribution >= 0.6 is 33.9 Å². The minimum atomic E-state index is -0.0130. The van der Waals surface area contributed by atoms with Gasteiger partial charge in [-0.05, 0) is 41.6 Å². The van der Waals surface area contributed by atoms with Crippen LogP contribution in [-0.2, 0) is 4.79 Å². The van der Waals surface area contributed by atoms with Crippen LogP contribution in [0.5, 0.6) is 0 Å². The fraction of sp³-hybridized carbons (Fsp3) is 0.154. The lowest BCUT2D eigenvalue weighted by Gasteiger charge is -2.06. The largest absolute Gasteiger partial charge is 0.272 e. The average molecular weight is 383 g/mol. The number of anilines is 1. The second-order valence-electron chi connectivity index (χ2n) is 4.24. The van der Waals surface area contributed by atoms with E-state index in [4.69, 9.17) is 0 Å². The van der Waals surface area contributed by atoms with Gasteiger partial charge in [0.25, 0.3) is 5.91 Å². The van der Waals surface area contributed by atoms with Gasteiger partial charge in [0.15, 0.2) is 0 Å². The first-order chi connectivity index (χ1) is 9.13. The normalized spacial score (nSPS) is 14.9. The maximum atomic E-state index is 11.8. The van der Waals surface area contributed by atoms with Gasteiger partial charge < -0.3 is 0 Å². The Hall–Kier alpha value is -1.28. The molecule has 0 bridgehead atoms. The van der Waals surface area contributed by atoms with E-state index in [0.717, 1.165) is 17.0 Å². The Morgan fingerprint density at radius 3 is 2.68 bits per heavy atom. The highest BCUT2D eigenvalue weighted by Gasteiger charge is 2.25. The van der Waals surface area contributed by atoms with E-state index in [2.05, 4.69) is 32.7 Å². The van der Waals surface area contributed by atoms with E-state index in [-0.39, 0.29) is 5.91 Å². The van der Waals surface area contributed by atoms with Crippen LogP contribution in [0, 0.1) is 3.57 Å². The molecule has 6 heteroatoms. The molecule has 0 atom stereocenters. The molecule has 0 fully saturated rings. The van der Waals surface area contributed by atoms with Crippen molar-refractivity contribution in [3.63, 3.8) is 0 Å². The molecule has 0 saturated carbocycles. The number of halogens is 1. The minimum absolute atomic E-state index is 0.0130. The molecule has 0 radical (unpaired) electrons. The molecule has 0 N–H and O–H groups in total. The number of hydrazone groups is 1. The third-order valence-electron chi connectivity index (χ3n) is 2.73. The molecule has 4 nitrogen and oxygen atoms in total. The van der Waals surface area contributed by atoms with Crippen molar-refractivity contribution in [2.45, 2.75) is 13.3 Å². The maximum absolute atomic E-state index is 11.8. The molecule has 0 spiro atoms. The Balaban J connectivity index is 1.91. The number of hydrogen-bond acceptors (Lipinski definition) is 4. The van der Waals surface area contributed by atoms with Gasteiger partial charge in [-0.25, -0.2) is 4.98 Å². The highest BCUT2D eigenvalue weighted by Crippen LogP contribution is 2.29. The Bertz CT molecular complexity index is 663. The molecule has 1 aromatic heterocycles. The summed E-state index contributed by atoms with van der Waals surface area (Å²) < 4.78 is 1.19. The smallest absolute Gasteiger partial charge is 0.255 e. The van der Waals surface area contributed by atoms with Crippen molar-refractivity contribution in [2.24, 2.45) is 5.10 Å². The second-order valence-corrected chi connectivity index (χ2v) is 6.32. The fourth-order valence-corrected chi connectivity index (χ4v) is 2.98. The molecule has 1 aliphatic heterocycles. The van der Waals surface area contributed by atoms with E-state index in [0.29, 0.717) is 11.6 Å². The molecule has 0 unspecified atom stereocenters. The second kappa shape index (κ2) is 5.01. The molecule has 2 heterocycles. The number of nitrogens with zero attached hydrogens (tertiary/aromatic N) is 3. The number of rotatable bonds is 2. The summed E-state index contributed by atoms with van der Waals surface area (Å²) in [5.74, 6) is -0.0130. The van der Waals surface area contributed by atoms with Gasteiger partial charge in [0.05, 0.1) is 12.1 Å². The maximum Gasteiger partial charge on any atom is 0.255 e. The lowest BCUT2D eigenvalue weighted by Crippen LogP contribution is -2.19. The quantitative estimate of drug-likeness (QED) is 0.745. The molecule has 19 heavy (non-hydrogen) atoms. The van der Waals surface area contributed by atoms with Crippen molar-refractivity contribution in [1.82, 2.24) is 4.98 Å². The lowest BCUT2D eigenvalue weighted by atomic mass is 10.2. The number of benzene rings is 1. The Kier molecular flexibility index (Phi) is 3.36. The standard InChI is InChI=1S/C13H10IN3OS/c1-8-6-12(18)17(16-8)13-15-11(7-19-13)9-2-4-10(14)5-3-9/h2-5,7H,6H2,1H3. The van der Waals surface area contributed by atoms with Gasteiger partial charge in [-0.2, -0.15) is 10.1 Å². The molecule has 1 aromatic carbocycles. The number of thiazole rings is 1. The summed E-state index contributed by atoms with van der Waals surface area (Å²) >= 11 is 3.71. The van der Waals surface area contributed by atoms with Crippen molar-refractivity contribution in [1.29, 1.82) is 0 Å². The zero-order chi connectivity index (χ0) is 13.4. The third kappa shape index (κ3) is 2.55. The third-order valence-corrected chi connectivity index (χ3v) is 4.26. The van der Waals surface area contributed by atoms with Crippen molar-refractivity contribution >= 4 is 50.7 Å². The summed E-state index contributed by atoms with van der Waals surface area (Å²) in [6.45, 7) is 1.85. The van der Waals surface area contributed by atoms with E-state index >= 15 is 0 Å². The van der Waals surface area contributed by atoms with Gasteiger partial charge in [-0.15, -0.1) is 11.3 Å². The monoisotopic (exact) mass is 383 g/mol. The molecule has 1 amide bonds. The van der Waals surface area contributed by atoms with E-state index in [1.807, 2.05) is 36.6 Å². The van der Waals surface area contributed by atoms with Crippen molar-refractivity contribution in [2.75, 3.05) is 5.01 Å². The van der Waals surface area contributed by atoms with Crippen LogP contribution in [0.2, 0.25) is 0 Å². The van der Waals surface area contributed by atoms with Gasteiger partial charge >= 0.3 is 0 Å². The molecular formula is C13H10IN3OS. The Morgan fingerprint density at radius 1 is 1.32 bits per heavy atom. The van der Waals surface area contributed by atoms with E-state index in [1.165, 1.54) is 19.9 Å². The van der Waals surface area contributed by atoms with Crippen LogP contribution in [0.25, 0.3) is 11.3 Å². The molecule has 3 rings (SSSR count). The number of hydrogen-bond donors (Lipinski definition) is 0. The molecule has 0 saturated heterocycles. The molecule has 96 valence electrons.